The molecule has 0 bridgehead atoms. The van der Waals surface area contributed by atoms with Crippen molar-refractivity contribution in [1.29, 1.82) is 0 Å². The monoisotopic (exact) mass is 324 g/mol. The summed E-state index contributed by atoms with van der Waals surface area (Å²) >= 11 is 0. The van der Waals surface area contributed by atoms with Crippen molar-refractivity contribution in [2.45, 2.75) is 27.3 Å². The molecule has 124 valence electrons. The van der Waals surface area contributed by atoms with E-state index in [2.05, 4.69) is 5.18 Å². The molecule has 0 saturated carbocycles. The van der Waals surface area contributed by atoms with Gasteiger partial charge >= 0.3 is 0 Å². The Morgan fingerprint density at radius 2 is 1.92 bits per heavy atom. The molecule has 1 aromatic heterocycles. The summed E-state index contributed by atoms with van der Waals surface area (Å²) < 4.78 is 7.45. The lowest BCUT2D eigenvalue weighted by Gasteiger charge is -2.11. The van der Waals surface area contributed by atoms with Crippen LogP contribution in [-0.4, -0.2) is 16.3 Å². The van der Waals surface area contributed by atoms with E-state index in [1.165, 1.54) is 0 Å². The predicted octanol–water partition coefficient (Wildman–Crippen LogP) is 4.75. The van der Waals surface area contributed by atoms with Crippen LogP contribution in [0.3, 0.4) is 0 Å². The van der Waals surface area contributed by atoms with Crippen LogP contribution >= 0.6 is 0 Å². The van der Waals surface area contributed by atoms with Crippen LogP contribution in [0, 0.1) is 25.7 Å². The maximum absolute atomic E-state index is 11.2. The molecule has 0 unspecified atom stereocenters. The van der Waals surface area contributed by atoms with Gasteiger partial charge in [0, 0.05) is 5.39 Å². The van der Waals surface area contributed by atoms with Crippen molar-refractivity contribution in [3.63, 3.8) is 0 Å². The van der Waals surface area contributed by atoms with Gasteiger partial charge in [-0.05, 0) is 55.3 Å². The number of rotatable bonds is 5. The van der Waals surface area contributed by atoms with Crippen LogP contribution in [0.4, 0.5) is 5.69 Å². The van der Waals surface area contributed by atoms with E-state index in [-0.39, 0.29) is 11.6 Å². The molecule has 0 saturated heterocycles. The molecule has 0 aliphatic heterocycles. The number of benzene rings is 2. The standard InChI is InChI=1S/C19H20N2O3/c1-12-5-4-6-15(10-12)24-8-7-21-18-14(3)9-13(2)11-16(18)17(20-23)19(21)22/h4-6,9-11,22H,7-8H2,1-3H3. The first-order chi connectivity index (χ1) is 11.5. The van der Waals surface area contributed by atoms with E-state index in [1.54, 1.807) is 4.57 Å². The number of hydrogen-bond donors (Lipinski definition) is 1. The summed E-state index contributed by atoms with van der Waals surface area (Å²) in [6, 6.07) is 11.7. The van der Waals surface area contributed by atoms with Gasteiger partial charge in [-0.3, -0.25) is 0 Å². The van der Waals surface area contributed by atoms with Gasteiger partial charge in [-0.15, -0.1) is 4.91 Å². The summed E-state index contributed by atoms with van der Waals surface area (Å²) in [4.78, 5) is 11.2. The second-order valence-corrected chi connectivity index (χ2v) is 6.06. The fourth-order valence-corrected chi connectivity index (χ4v) is 3.12. The van der Waals surface area contributed by atoms with Crippen LogP contribution in [0.2, 0.25) is 0 Å². The Kier molecular flexibility index (Phi) is 4.25. The minimum absolute atomic E-state index is 0.0901. The third-order valence-electron chi connectivity index (χ3n) is 4.10. The molecular formula is C19H20N2O3. The number of ether oxygens (including phenoxy) is 1. The maximum Gasteiger partial charge on any atom is 0.222 e. The van der Waals surface area contributed by atoms with Crippen molar-refractivity contribution in [3.8, 4) is 11.6 Å². The Hall–Kier alpha value is -2.82. The first-order valence-corrected chi connectivity index (χ1v) is 7.86. The van der Waals surface area contributed by atoms with Crippen LogP contribution in [0.1, 0.15) is 16.7 Å². The van der Waals surface area contributed by atoms with Crippen molar-refractivity contribution in [2.24, 2.45) is 5.18 Å². The summed E-state index contributed by atoms with van der Waals surface area (Å²) in [7, 11) is 0. The third kappa shape index (κ3) is 2.85. The topological polar surface area (TPSA) is 63.8 Å². The molecule has 0 atom stereocenters. The first-order valence-electron chi connectivity index (χ1n) is 7.86. The summed E-state index contributed by atoms with van der Waals surface area (Å²) in [6.07, 6.45) is 0. The molecule has 5 heteroatoms. The lowest BCUT2D eigenvalue weighted by atomic mass is 10.1. The van der Waals surface area contributed by atoms with Crippen LogP contribution in [0.25, 0.3) is 10.9 Å². The van der Waals surface area contributed by atoms with E-state index in [9.17, 15) is 10.0 Å². The molecule has 1 N–H and O–H groups in total. The number of hydrogen-bond acceptors (Lipinski definition) is 4. The fourth-order valence-electron chi connectivity index (χ4n) is 3.12. The van der Waals surface area contributed by atoms with Gasteiger partial charge in [0.05, 0.1) is 12.1 Å². The Morgan fingerprint density at radius 1 is 1.12 bits per heavy atom. The van der Waals surface area contributed by atoms with E-state index < -0.39 is 0 Å². The van der Waals surface area contributed by atoms with Gasteiger partial charge < -0.3 is 14.4 Å². The van der Waals surface area contributed by atoms with E-state index in [0.29, 0.717) is 18.5 Å². The van der Waals surface area contributed by atoms with Gasteiger partial charge in [0.1, 0.15) is 12.4 Å². The Labute approximate surface area is 140 Å². The molecule has 0 aliphatic carbocycles. The van der Waals surface area contributed by atoms with Crippen LogP contribution in [0.5, 0.6) is 11.6 Å². The van der Waals surface area contributed by atoms with Gasteiger partial charge in [0.2, 0.25) is 5.88 Å². The van der Waals surface area contributed by atoms with E-state index in [1.807, 2.05) is 57.2 Å². The minimum Gasteiger partial charge on any atom is -0.493 e. The lowest BCUT2D eigenvalue weighted by Crippen LogP contribution is -2.08. The van der Waals surface area contributed by atoms with Crippen molar-refractivity contribution < 1.29 is 9.84 Å². The summed E-state index contributed by atoms with van der Waals surface area (Å²) in [6.45, 7) is 6.73. The molecule has 24 heavy (non-hydrogen) atoms. The number of aromatic hydroxyl groups is 1. The van der Waals surface area contributed by atoms with Crippen molar-refractivity contribution >= 4 is 16.6 Å². The molecule has 0 fully saturated rings. The van der Waals surface area contributed by atoms with Gasteiger partial charge in [-0.2, -0.15) is 0 Å². The van der Waals surface area contributed by atoms with Crippen molar-refractivity contribution in [1.82, 2.24) is 4.57 Å². The summed E-state index contributed by atoms with van der Waals surface area (Å²) in [5, 5.41) is 14.1. The average molecular weight is 324 g/mol. The number of fused-ring (bicyclic) bond motifs is 1. The second-order valence-electron chi connectivity index (χ2n) is 6.06. The molecule has 0 aliphatic rings. The van der Waals surface area contributed by atoms with Gasteiger partial charge in [0.15, 0.2) is 5.69 Å². The maximum atomic E-state index is 11.2. The van der Waals surface area contributed by atoms with Gasteiger partial charge in [0.25, 0.3) is 0 Å². The molecule has 0 radical (unpaired) electrons. The molecule has 2 aromatic carbocycles. The third-order valence-corrected chi connectivity index (χ3v) is 4.10. The molecule has 0 amide bonds. The average Bonchev–Trinajstić information content (AvgIpc) is 2.79. The van der Waals surface area contributed by atoms with Crippen molar-refractivity contribution in [3.05, 3.63) is 58.0 Å². The first kappa shape index (κ1) is 16.1. The molecule has 3 aromatic rings. The Morgan fingerprint density at radius 3 is 2.62 bits per heavy atom. The fraction of sp³-hybridized carbons (Fsp3) is 0.263. The lowest BCUT2D eigenvalue weighted by molar-refractivity contribution is 0.290. The van der Waals surface area contributed by atoms with Crippen LogP contribution in [0.15, 0.2) is 41.6 Å². The molecule has 3 rings (SSSR count). The number of aryl methyl sites for hydroxylation is 3. The highest BCUT2D eigenvalue weighted by molar-refractivity contribution is 5.97. The van der Waals surface area contributed by atoms with Gasteiger partial charge in [-0.1, -0.05) is 23.8 Å². The quantitative estimate of drug-likeness (QED) is 0.689. The predicted molar refractivity (Wildman–Crippen MR) is 95.2 cm³/mol. The van der Waals surface area contributed by atoms with Gasteiger partial charge in [-0.25, -0.2) is 0 Å². The largest absolute Gasteiger partial charge is 0.493 e. The summed E-state index contributed by atoms with van der Waals surface area (Å²) in [5.74, 6) is 0.675. The summed E-state index contributed by atoms with van der Waals surface area (Å²) in [5.41, 5.74) is 4.05. The Bertz CT molecular complexity index is 913. The van der Waals surface area contributed by atoms with E-state index >= 15 is 0 Å². The number of nitroso groups, excluding NO2 is 1. The normalized spacial score (nSPS) is 11.0. The van der Waals surface area contributed by atoms with E-state index in [4.69, 9.17) is 4.74 Å². The van der Waals surface area contributed by atoms with E-state index in [0.717, 1.165) is 28.0 Å². The molecule has 0 spiro atoms. The molecular weight excluding hydrogens is 304 g/mol. The highest BCUT2D eigenvalue weighted by Gasteiger charge is 2.19. The highest BCUT2D eigenvalue weighted by Crippen LogP contribution is 2.40. The smallest absolute Gasteiger partial charge is 0.222 e. The minimum atomic E-state index is -0.110. The molecule has 1 heterocycles. The zero-order valence-corrected chi connectivity index (χ0v) is 14.0. The zero-order chi connectivity index (χ0) is 17.3. The number of nitrogens with zero attached hydrogens (tertiary/aromatic N) is 2. The Balaban J connectivity index is 1.92. The zero-order valence-electron chi connectivity index (χ0n) is 14.0. The SMILES string of the molecule is Cc1cccc(OCCn2c(O)c(N=O)c3cc(C)cc(C)c32)c1. The van der Waals surface area contributed by atoms with Crippen molar-refractivity contribution in [2.75, 3.05) is 6.61 Å². The van der Waals surface area contributed by atoms with Crippen LogP contribution in [-0.2, 0) is 6.54 Å². The van der Waals surface area contributed by atoms with Crippen LogP contribution < -0.4 is 4.74 Å². The second kappa shape index (κ2) is 6.35. The molecule has 5 nitrogen and oxygen atoms in total. The highest BCUT2D eigenvalue weighted by atomic mass is 16.5. The number of aromatic nitrogens is 1.